The first-order valence-corrected chi connectivity index (χ1v) is 14.5. The predicted molar refractivity (Wildman–Crippen MR) is 138 cm³/mol. The van der Waals surface area contributed by atoms with Gasteiger partial charge in [-0.05, 0) is 106 Å². The molecule has 1 heterocycles. The van der Waals surface area contributed by atoms with E-state index in [0.29, 0.717) is 18.8 Å². The minimum absolute atomic E-state index is 0.00275. The molecule has 0 bridgehead atoms. The van der Waals surface area contributed by atoms with Gasteiger partial charge >= 0.3 is 0 Å². The van der Waals surface area contributed by atoms with Gasteiger partial charge in [0.05, 0.1) is 36.1 Å². The van der Waals surface area contributed by atoms with Gasteiger partial charge < -0.3 is 30.3 Å². The summed E-state index contributed by atoms with van der Waals surface area (Å²) < 4.78 is 6.51. The second-order valence-corrected chi connectivity index (χ2v) is 15.5. The Morgan fingerprint density at radius 3 is 2.06 bits per heavy atom. The van der Waals surface area contributed by atoms with Crippen LogP contribution in [0.3, 0.4) is 0 Å². The van der Waals surface area contributed by atoms with Crippen LogP contribution >= 0.6 is 0 Å². The van der Waals surface area contributed by atoms with Crippen molar-refractivity contribution >= 4 is 0 Å². The SMILES string of the molecule is CC(C)(O)C1OC(C)(C2CCC3(C)C2C(O)CC2C4(C)CCC(O)C(C)(CO)C4CCC23C)CC1O. The lowest BCUT2D eigenvalue weighted by Crippen LogP contribution is -2.67. The highest BCUT2D eigenvalue weighted by Crippen LogP contribution is 2.76. The Balaban J connectivity index is 1.49. The molecule has 0 aromatic rings. The van der Waals surface area contributed by atoms with Crippen molar-refractivity contribution in [2.24, 2.45) is 45.3 Å². The van der Waals surface area contributed by atoms with Gasteiger partial charge in [0.15, 0.2) is 0 Å². The van der Waals surface area contributed by atoms with Crippen LogP contribution in [0.2, 0.25) is 0 Å². The Morgan fingerprint density at radius 1 is 0.833 bits per heavy atom. The zero-order chi connectivity index (χ0) is 26.7. The smallest absolute Gasteiger partial charge is 0.112 e. The highest BCUT2D eigenvalue weighted by Gasteiger charge is 2.72. The molecular weight excluding hydrogens is 456 g/mol. The summed E-state index contributed by atoms with van der Waals surface area (Å²) in [5.41, 5.74) is -2.26. The van der Waals surface area contributed by atoms with Gasteiger partial charge in [-0.15, -0.1) is 0 Å². The number of aliphatic hydroxyl groups is 5. The van der Waals surface area contributed by atoms with E-state index in [1.807, 2.05) is 0 Å². The zero-order valence-corrected chi connectivity index (χ0v) is 23.6. The lowest BCUT2D eigenvalue weighted by atomic mass is 9.35. The maximum atomic E-state index is 11.9. The third kappa shape index (κ3) is 3.37. The molecule has 1 saturated heterocycles. The number of rotatable bonds is 3. The molecule has 0 aromatic heterocycles. The molecule has 6 heteroatoms. The topological polar surface area (TPSA) is 110 Å². The van der Waals surface area contributed by atoms with Crippen molar-refractivity contribution in [1.29, 1.82) is 0 Å². The zero-order valence-electron chi connectivity index (χ0n) is 23.6. The average molecular weight is 509 g/mol. The van der Waals surface area contributed by atoms with Crippen molar-refractivity contribution in [3.8, 4) is 0 Å². The summed E-state index contributed by atoms with van der Waals surface area (Å²) in [6.45, 7) is 14.8. The van der Waals surface area contributed by atoms with E-state index < -0.39 is 41.0 Å². The number of aliphatic hydroxyl groups excluding tert-OH is 4. The first kappa shape index (κ1) is 27.3. The quantitative estimate of drug-likeness (QED) is 0.398. The van der Waals surface area contributed by atoms with Gasteiger partial charge in [0, 0.05) is 11.8 Å². The second kappa shape index (κ2) is 8.14. The summed E-state index contributed by atoms with van der Waals surface area (Å²) in [5, 5.41) is 54.7. The van der Waals surface area contributed by atoms with E-state index in [1.165, 1.54) is 0 Å². The fourth-order valence-electron chi connectivity index (χ4n) is 11.3. The fourth-order valence-corrected chi connectivity index (χ4v) is 11.3. The molecule has 4 aliphatic carbocycles. The Bertz CT molecular complexity index is 872. The van der Waals surface area contributed by atoms with E-state index in [2.05, 4.69) is 34.6 Å². The van der Waals surface area contributed by atoms with Crippen LogP contribution in [0, 0.1) is 45.3 Å². The minimum atomic E-state index is -1.13. The van der Waals surface area contributed by atoms with Crippen LogP contribution in [-0.4, -0.2) is 67.8 Å². The molecule has 13 atom stereocenters. The molecule has 5 N–H and O–H groups in total. The second-order valence-electron chi connectivity index (χ2n) is 15.5. The molecule has 1 aliphatic heterocycles. The first-order valence-electron chi connectivity index (χ1n) is 14.5. The van der Waals surface area contributed by atoms with Gasteiger partial charge in [0.2, 0.25) is 0 Å². The Kier molecular flexibility index (Phi) is 6.18. The van der Waals surface area contributed by atoms with Gasteiger partial charge in [-0.2, -0.15) is 0 Å². The molecule has 5 aliphatic rings. The fraction of sp³-hybridized carbons (Fsp3) is 1.00. The van der Waals surface area contributed by atoms with Crippen LogP contribution in [0.4, 0.5) is 0 Å². The largest absolute Gasteiger partial charge is 0.396 e. The third-order valence-electron chi connectivity index (χ3n) is 13.3. The number of hydrogen-bond donors (Lipinski definition) is 5. The van der Waals surface area contributed by atoms with E-state index in [-0.39, 0.29) is 40.6 Å². The van der Waals surface area contributed by atoms with Crippen molar-refractivity contribution in [2.45, 2.75) is 135 Å². The molecule has 0 spiro atoms. The van der Waals surface area contributed by atoms with Crippen LogP contribution in [0.25, 0.3) is 0 Å². The van der Waals surface area contributed by atoms with E-state index in [1.54, 1.807) is 13.8 Å². The Hall–Kier alpha value is -0.240. The highest BCUT2D eigenvalue weighted by atomic mass is 16.5. The molecule has 4 saturated carbocycles. The van der Waals surface area contributed by atoms with Crippen LogP contribution in [0.5, 0.6) is 0 Å². The Labute approximate surface area is 217 Å². The molecule has 5 fully saturated rings. The van der Waals surface area contributed by atoms with Crippen LogP contribution in [0.15, 0.2) is 0 Å². The highest BCUT2D eigenvalue weighted by molar-refractivity contribution is 5.21. The predicted octanol–water partition coefficient (Wildman–Crippen LogP) is 3.66. The number of fused-ring (bicyclic) bond motifs is 5. The lowest BCUT2D eigenvalue weighted by Gasteiger charge is -2.70. The summed E-state index contributed by atoms with van der Waals surface area (Å²) in [6, 6.07) is 0. The van der Waals surface area contributed by atoms with Crippen LogP contribution in [0.1, 0.15) is 99.8 Å². The Morgan fingerprint density at radius 2 is 1.47 bits per heavy atom. The summed E-state index contributed by atoms with van der Waals surface area (Å²) in [7, 11) is 0. The van der Waals surface area contributed by atoms with E-state index in [4.69, 9.17) is 4.74 Å². The van der Waals surface area contributed by atoms with Crippen molar-refractivity contribution in [3.63, 3.8) is 0 Å². The number of hydrogen-bond acceptors (Lipinski definition) is 6. The van der Waals surface area contributed by atoms with Crippen molar-refractivity contribution < 1.29 is 30.3 Å². The van der Waals surface area contributed by atoms with E-state index >= 15 is 0 Å². The monoisotopic (exact) mass is 508 g/mol. The normalized spacial score (nSPS) is 59.3. The lowest BCUT2D eigenvalue weighted by molar-refractivity contribution is -0.255. The molecule has 36 heavy (non-hydrogen) atoms. The first-order chi connectivity index (χ1) is 16.5. The van der Waals surface area contributed by atoms with Gasteiger partial charge in [-0.3, -0.25) is 0 Å². The van der Waals surface area contributed by atoms with Crippen molar-refractivity contribution in [1.82, 2.24) is 0 Å². The maximum absolute atomic E-state index is 11.9. The van der Waals surface area contributed by atoms with Crippen molar-refractivity contribution in [3.05, 3.63) is 0 Å². The molecule has 208 valence electrons. The molecule has 6 nitrogen and oxygen atoms in total. The molecule has 0 amide bonds. The van der Waals surface area contributed by atoms with Crippen LogP contribution in [-0.2, 0) is 4.74 Å². The summed E-state index contributed by atoms with van der Waals surface area (Å²) in [6.07, 6.45) is 4.60. The average Bonchev–Trinajstić information content (AvgIpc) is 3.32. The molecular formula is C30H52O6. The third-order valence-corrected chi connectivity index (χ3v) is 13.3. The summed E-state index contributed by atoms with van der Waals surface area (Å²) in [5.74, 6) is 0.762. The molecule has 13 unspecified atom stereocenters. The van der Waals surface area contributed by atoms with Gasteiger partial charge in [-0.25, -0.2) is 0 Å². The molecule has 0 radical (unpaired) electrons. The molecule has 5 rings (SSSR count). The minimum Gasteiger partial charge on any atom is -0.396 e. The van der Waals surface area contributed by atoms with Crippen molar-refractivity contribution in [2.75, 3.05) is 6.61 Å². The summed E-state index contributed by atoms with van der Waals surface area (Å²) >= 11 is 0. The van der Waals surface area contributed by atoms with Crippen LogP contribution < -0.4 is 0 Å². The van der Waals surface area contributed by atoms with E-state index in [0.717, 1.165) is 38.5 Å². The van der Waals surface area contributed by atoms with E-state index in [9.17, 15) is 25.5 Å². The standard InChI is InChI=1S/C30H52O6/c1-25(2,35)24-19(33)15-30(7,36-24)17-8-12-29(6)23(17)18(32)14-21-26(3)11-10-22(34)27(4,16-31)20(26)9-13-28(21,29)5/h17-24,31-35H,8-16H2,1-7H3. The maximum Gasteiger partial charge on any atom is 0.112 e. The van der Waals surface area contributed by atoms with Gasteiger partial charge in [-0.1, -0.05) is 27.7 Å². The van der Waals surface area contributed by atoms with Gasteiger partial charge in [0.25, 0.3) is 0 Å². The summed E-state index contributed by atoms with van der Waals surface area (Å²) in [4.78, 5) is 0. The van der Waals surface area contributed by atoms with Gasteiger partial charge in [0.1, 0.15) is 6.10 Å². The molecule has 0 aromatic carbocycles. The number of ether oxygens (including phenoxy) is 1.